The molecule has 150 valence electrons. The highest BCUT2D eigenvalue weighted by atomic mass is 19.1. The minimum absolute atomic E-state index is 0.0801. The number of aromatic nitrogens is 3. The Morgan fingerprint density at radius 3 is 3.07 bits per heavy atom. The minimum atomic E-state index is -1.19. The van der Waals surface area contributed by atoms with E-state index in [-0.39, 0.29) is 12.0 Å². The number of aromatic amines is 1. The number of hydrogen-bond donors (Lipinski definition) is 3. The number of ether oxygens (including phenoxy) is 2. The van der Waals surface area contributed by atoms with Crippen LogP contribution in [-0.4, -0.2) is 46.2 Å². The zero-order valence-corrected chi connectivity index (χ0v) is 15.7. The molecule has 9 heteroatoms. The Balaban J connectivity index is 1.55. The molecule has 0 spiro atoms. The number of hydrogen-bond acceptors (Lipinski definition) is 6. The molecule has 1 amide bonds. The van der Waals surface area contributed by atoms with Gasteiger partial charge in [0.05, 0.1) is 6.61 Å². The third kappa shape index (κ3) is 4.35. The van der Waals surface area contributed by atoms with Gasteiger partial charge in [-0.2, -0.15) is 5.10 Å². The lowest BCUT2D eigenvalue weighted by Gasteiger charge is -2.18. The summed E-state index contributed by atoms with van der Waals surface area (Å²) in [6, 6.07) is 5.39. The predicted molar refractivity (Wildman–Crippen MR) is 101 cm³/mol. The van der Waals surface area contributed by atoms with E-state index in [0.717, 1.165) is 17.8 Å². The van der Waals surface area contributed by atoms with E-state index >= 15 is 0 Å². The van der Waals surface area contributed by atoms with Crippen molar-refractivity contribution in [3.8, 4) is 5.88 Å². The topological polar surface area (TPSA) is 101 Å². The van der Waals surface area contributed by atoms with Crippen molar-refractivity contribution in [2.45, 2.75) is 56.8 Å². The van der Waals surface area contributed by atoms with E-state index in [1.165, 1.54) is 0 Å². The van der Waals surface area contributed by atoms with Crippen LogP contribution in [0.1, 0.15) is 44.2 Å². The Bertz CT molecular complexity index is 829. The second-order valence-corrected chi connectivity index (χ2v) is 7.38. The standard InChI is InChI=1S/C19H24FN5O3/c1-11-3-2-6-27-18-9-13(4-5-21-18)23-17-10-15(24-25-17)12-7-14(20)16(8-12)28-19(26)22-11/h4-5,9-12,14,16H,2-3,6-8H2,1H3,(H,22,26)(H2,23,24,25)/t11-,12-,14+,16-/m0/s1. The zero-order valence-electron chi connectivity index (χ0n) is 15.7. The van der Waals surface area contributed by atoms with Crippen molar-refractivity contribution in [2.24, 2.45) is 0 Å². The first-order valence-electron chi connectivity index (χ1n) is 9.59. The number of rotatable bonds is 0. The molecule has 2 aliphatic rings. The second kappa shape index (κ2) is 8.04. The van der Waals surface area contributed by atoms with E-state index in [1.54, 1.807) is 12.3 Å². The lowest BCUT2D eigenvalue weighted by Crippen LogP contribution is -2.37. The van der Waals surface area contributed by atoms with Gasteiger partial charge >= 0.3 is 6.09 Å². The summed E-state index contributed by atoms with van der Waals surface area (Å²) in [6.07, 6.45) is 1.32. The monoisotopic (exact) mass is 389 g/mol. The van der Waals surface area contributed by atoms with Gasteiger partial charge in [0, 0.05) is 41.7 Å². The Kier molecular flexibility index (Phi) is 5.31. The highest BCUT2D eigenvalue weighted by molar-refractivity contribution is 5.67. The van der Waals surface area contributed by atoms with E-state index in [2.05, 4.69) is 25.8 Å². The van der Waals surface area contributed by atoms with Crippen LogP contribution in [0.5, 0.6) is 5.88 Å². The van der Waals surface area contributed by atoms with E-state index in [0.29, 0.717) is 37.6 Å². The Labute approximate surface area is 162 Å². The number of nitrogens with one attached hydrogen (secondary N) is 3. The van der Waals surface area contributed by atoms with Crippen LogP contribution in [0.15, 0.2) is 24.4 Å². The molecule has 4 rings (SSSR count). The van der Waals surface area contributed by atoms with Crippen LogP contribution in [-0.2, 0) is 4.74 Å². The number of alkyl halides is 1. The summed E-state index contributed by atoms with van der Waals surface area (Å²) in [7, 11) is 0. The smallest absolute Gasteiger partial charge is 0.407 e. The van der Waals surface area contributed by atoms with Crippen molar-refractivity contribution in [1.29, 1.82) is 0 Å². The summed E-state index contributed by atoms with van der Waals surface area (Å²) in [5.41, 5.74) is 1.62. The number of carbonyl (C=O) groups is 1. The average Bonchev–Trinajstić information content (AvgIpc) is 3.25. The molecule has 0 saturated heterocycles. The van der Waals surface area contributed by atoms with Gasteiger partial charge in [-0.15, -0.1) is 0 Å². The van der Waals surface area contributed by atoms with Gasteiger partial charge in [-0.1, -0.05) is 0 Å². The average molecular weight is 389 g/mol. The van der Waals surface area contributed by atoms with Gasteiger partial charge in [0.1, 0.15) is 12.3 Å². The number of amides is 1. The van der Waals surface area contributed by atoms with Gasteiger partial charge in [0.25, 0.3) is 0 Å². The molecule has 1 aliphatic heterocycles. The molecule has 3 N–H and O–H groups in total. The molecule has 0 aromatic carbocycles. The number of nitrogens with zero attached hydrogens (tertiary/aromatic N) is 2. The number of carbonyl (C=O) groups excluding carboxylic acids is 1. The van der Waals surface area contributed by atoms with E-state index in [1.807, 2.05) is 19.1 Å². The molecular formula is C19H24FN5O3. The van der Waals surface area contributed by atoms with E-state index in [9.17, 15) is 9.18 Å². The quantitative estimate of drug-likeness (QED) is 0.638. The highest BCUT2D eigenvalue weighted by Gasteiger charge is 2.38. The summed E-state index contributed by atoms with van der Waals surface area (Å²) >= 11 is 0. The third-order valence-corrected chi connectivity index (χ3v) is 5.13. The summed E-state index contributed by atoms with van der Waals surface area (Å²) in [4.78, 5) is 16.3. The molecule has 28 heavy (non-hydrogen) atoms. The summed E-state index contributed by atoms with van der Waals surface area (Å²) in [6.45, 7) is 2.36. The van der Waals surface area contributed by atoms with Gasteiger partial charge < -0.3 is 20.1 Å². The molecule has 6 bridgehead atoms. The van der Waals surface area contributed by atoms with Gasteiger partial charge in [-0.3, -0.25) is 5.10 Å². The Morgan fingerprint density at radius 1 is 1.29 bits per heavy atom. The molecule has 2 aromatic rings. The number of halogens is 1. The van der Waals surface area contributed by atoms with E-state index in [4.69, 9.17) is 9.47 Å². The SMILES string of the molecule is C[C@H]1CCCOc2cc(ccn2)Nc2cc([nH]n2)[C@H]2C[C@@H](F)[C@H](C2)OC(=O)N1. The number of H-pyrrole nitrogens is 1. The fourth-order valence-electron chi connectivity index (χ4n) is 3.66. The largest absolute Gasteiger partial charge is 0.478 e. The Morgan fingerprint density at radius 2 is 2.18 bits per heavy atom. The molecular weight excluding hydrogens is 365 g/mol. The second-order valence-electron chi connectivity index (χ2n) is 7.38. The first kappa shape index (κ1) is 18.5. The van der Waals surface area contributed by atoms with Gasteiger partial charge in [-0.05, 0) is 38.7 Å². The number of anilines is 2. The van der Waals surface area contributed by atoms with Crippen LogP contribution in [0.25, 0.3) is 0 Å². The maximum Gasteiger partial charge on any atom is 0.407 e. The van der Waals surface area contributed by atoms with Crippen molar-refractivity contribution < 1.29 is 18.7 Å². The van der Waals surface area contributed by atoms with Crippen LogP contribution in [0.3, 0.4) is 0 Å². The lowest BCUT2D eigenvalue weighted by atomic mass is 10.0. The molecule has 0 unspecified atom stereocenters. The fourth-order valence-corrected chi connectivity index (χ4v) is 3.66. The third-order valence-electron chi connectivity index (χ3n) is 5.13. The summed E-state index contributed by atoms with van der Waals surface area (Å²) in [5.74, 6) is 1.06. The maximum atomic E-state index is 14.4. The molecule has 1 fully saturated rings. The molecule has 1 saturated carbocycles. The maximum absolute atomic E-state index is 14.4. The van der Waals surface area contributed by atoms with Gasteiger partial charge in [-0.25, -0.2) is 14.2 Å². The van der Waals surface area contributed by atoms with Crippen molar-refractivity contribution in [3.05, 3.63) is 30.1 Å². The summed E-state index contributed by atoms with van der Waals surface area (Å²) < 4.78 is 25.4. The molecule has 0 radical (unpaired) electrons. The van der Waals surface area contributed by atoms with Crippen molar-refractivity contribution >= 4 is 17.6 Å². The summed E-state index contributed by atoms with van der Waals surface area (Å²) in [5, 5.41) is 13.2. The molecule has 1 aliphatic carbocycles. The normalized spacial score (nSPS) is 28.1. The fraction of sp³-hybridized carbons (Fsp3) is 0.526. The molecule has 2 aromatic heterocycles. The van der Waals surface area contributed by atoms with Crippen molar-refractivity contribution in [3.63, 3.8) is 0 Å². The highest BCUT2D eigenvalue weighted by Crippen LogP contribution is 2.38. The van der Waals surface area contributed by atoms with Crippen LogP contribution in [0, 0.1) is 0 Å². The first-order chi connectivity index (χ1) is 13.6. The van der Waals surface area contributed by atoms with Crippen LogP contribution in [0.4, 0.5) is 20.7 Å². The van der Waals surface area contributed by atoms with Gasteiger partial charge in [0.15, 0.2) is 5.82 Å². The zero-order chi connectivity index (χ0) is 19.5. The van der Waals surface area contributed by atoms with Crippen LogP contribution >= 0.6 is 0 Å². The molecule has 8 nitrogen and oxygen atoms in total. The van der Waals surface area contributed by atoms with E-state index < -0.39 is 18.4 Å². The number of fused-ring (bicyclic) bond motifs is 7. The lowest BCUT2D eigenvalue weighted by molar-refractivity contribution is 0.0586. The minimum Gasteiger partial charge on any atom is -0.478 e. The molecule has 4 atom stereocenters. The first-order valence-corrected chi connectivity index (χ1v) is 9.59. The predicted octanol–water partition coefficient (Wildman–Crippen LogP) is 3.42. The van der Waals surface area contributed by atoms with Crippen LogP contribution in [0.2, 0.25) is 0 Å². The number of alkyl carbamates (subject to hydrolysis) is 1. The van der Waals surface area contributed by atoms with Crippen LogP contribution < -0.4 is 15.4 Å². The van der Waals surface area contributed by atoms with Crippen molar-refractivity contribution in [2.75, 3.05) is 11.9 Å². The van der Waals surface area contributed by atoms with Gasteiger partial charge in [0.2, 0.25) is 5.88 Å². The number of pyridine rings is 1. The van der Waals surface area contributed by atoms with Crippen molar-refractivity contribution in [1.82, 2.24) is 20.5 Å². The molecule has 3 heterocycles. The Hall–Kier alpha value is -2.84.